The van der Waals surface area contributed by atoms with Gasteiger partial charge in [0, 0.05) is 35.4 Å². The van der Waals surface area contributed by atoms with Gasteiger partial charge in [0.15, 0.2) is 5.76 Å². The molecule has 1 aromatic heterocycles. The van der Waals surface area contributed by atoms with E-state index < -0.39 is 0 Å². The predicted molar refractivity (Wildman–Crippen MR) is 136 cm³/mol. The second kappa shape index (κ2) is 10.8. The van der Waals surface area contributed by atoms with E-state index >= 15 is 0 Å². The van der Waals surface area contributed by atoms with Gasteiger partial charge in [0.1, 0.15) is 0 Å². The zero-order valence-electron chi connectivity index (χ0n) is 19.0. The highest BCUT2D eigenvalue weighted by atomic mass is 16.3. The number of nitrogens with zero attached hydrogens (tertiary/aromatic N) is 1. The van der Waals surface area contributed by atoms with Crippen molar-refractivity contribution in [3.05, 3.63) is 109 Å². The second-order valence-electron chi connectivity index (χ2n) is 7.69. The summed E-state index contributed by atoms with van der Waals surface area (Å²) >= 11 is 0. The highest BCUT2D eigenvalue weighted by molar-refractivity contribution is 6.06. The molecule has 0 atom stereocenters. The second-order valence-corrected chi connectivity index (χ2v) is 7.69. The molecule has 3 aromatic carbocycles. The minimum atomic E-state index is -0.359. The molecule has 3 N–H and O–H groups in total. The van der Waals surface area contributed by atoms with Crippen molar-refractivity contribution in [1.29, 1.82) is 0 Å². The summed E-state index contributed by atoms with van der Waals surface area (Å²) in [5, 5.41) is 8.56. The monoisotopic (exact) mass is 468 g/mol. The first-order valence-corrected chi connectivity index (χ1v) is 10.9. The van der Waals surface area contributed by atoms with Crippen LogP contribution in [0.4, 0.5) is 22.7 Å². The number of amides is 3. The molecule has 0 unspecified atom stereocenters. The standard InChI is InChI=1S/C27H24N4O4/c1-31(23-9-3-2-4-10-23)27(34)19-12-14-20(15-13-19)29-25(32)18-28-21-7-5-8-22(17-21)30-26(33)24-11-6-16-35-24/h2-17,28H,18H2,1H3,(H,29,32)(H,30,33). The molecule has 0 aliphatic rings. The number of carbonyl (C=O) groups excluding carboxylic acids is 3. The topological polar surface area (TPSA) is 104 Å². The van der Waals surface area contributed by atoms with E-state index in [1.54, 1.807) is 72.6 Å². The van der Waals surface area contributed by atoms with Gasteiger partial charge in [-0.1, -0.05) is 24.3 Å². The Kier molecular flexibility index (Phi) is 7.22. The van der Waals surface area contributed by atoms with Crippen molar-refractivity contribution in [1.82, 2.24) is 0 Å². The SMILES string of the molecule is CN(C(=O)c1ccc(NC(=O)CNc2cccc(NC(=O)c3ccco3)c2)cc1)c1ccccc1. The van der Waals surface area contributed by atoms with Gasteiger partial charge >= 0.3 is 0 Å². The lowest BCUT2D eigenvalue weighted by atomic mass is 10.1. The Bertz CT molecular complexity index is 1300. The number of nitrogens with one attached hydrogen (secondary N) is 3. The smallest absolute Gasteiger partial charge is 0.291 e. The van der Waals surface area contributed by atoms with E-state index in [1.165, 1.54) is 6.26 Å². The van der Waals surface area contributed by atoms with Gasteiger partial charge in [-0.05, 0) is 66.7 Å². The van der Waals surface area contributed by atoms with Gasteiger partial charge in [0.25, 0.3) is 11.8 Å². The molecule has 0 bridgehead atoms. The van der Waals surface area contributed by atoms with E-state index in [4.69, 9.17) is 4.42 Å². The van der Waals surface area contributed by atoms with Gasteiger partial charge in [-0.15, -0.1) is 0 Å². The molecule has 0 aliphatic heterocycles. The lowest BCUT2D eigenvalue weighted by molar-refractivity contribution is -0.114. The minimum absolute atomic E-state index is 0.0208. The fourth-order valence-corrected chi connectivity index (χ4v) is 3.35. The molecule has 0 saturated carbocycles. The fourth-order valence-electron chi connectivity index (χ4n) is 3.35. The Balaban J connectivity index is 1.29. The Labute approximate surface area is 202 Å². The summed E-state index contributed by atoms with van der Waals surface area (Å²) in [6.07, 6.45) is 1.43. The third kappa shape index (κ3) is 6.14. The van der Waals surface area contributed by atoms with Crippen LogP contribution in [0.1, 0.15) is 20.9 Å². The maximum Gasteiger partial charge on any atom is 0.291 e. The number of carbonyl (C=O) groups is 3. The van der Waals surface area contributed by atoms with Crippen LogP contribution in [0.25, 0.3) is 0 Å². The third-order valence-electron chi connectivity index (χ3n) is 5.18. The minimum Gasteiger partial charge on any atom is -0.459 e. The normalized spacial score (nSPS) is 10.3. The van der Waals surface area contributed by atoms with Gasteiger partial charge in [-0.3, -0.25) is 14.4 Å². The van der Waals surface area contributed by atoms with Crippen LogP contribution in [0.2, 0.25) is 0 Å². The van der Waals surface area contributed by atoms with Crippen LogP contribution in [0.15, 0.2) is 102 Å². The molecule has 4 rings (SSSR count). The summed E-state index contributed by atoms with van der Waals surface area (Å²) in [5.74, 6) is -0.547. The lowest BCUT2D eigenvalue weighted by Gasteiger charge is -2.17. The summed E-state index contributed by atoms with van der Waals surface area (Å²) in [6.45, 7) is 0.0208. The van der Waals surface area contributed by atoms with Gasteiger partial charge < -0.3 is 25.3 Å². The zero-order chi connectivity index (χ0) is 24.6. The molecule has 8 nitrogen and oxygen atoms in total. The molecule has 3 amide bonds. The van der Waals surface area contributed by atoms with E-state index in [0.29, 0.717) is 22.6 Å². The van der Waals surface area contributed by atoms with Crippen LogP contribution in [0.5, 0.6) is 0 Å². The molecule has 0 aliphatic carbocycles. The first kappa shape index (κ1) is 23.3. The number of hydrogen-bond donors (Lipinski definition) is 3. The highest BCUT2D eigenvalue weighted by Gasteiger charge is 2.13. The van der Waals surface area contributed by atoms with Gasteiger partial charge in [0.05, 0.1) is 12.8 Å². The zero-order valence-corrected chi connectivity index (χ0v) is 19.0. The van der Waals surface area contributed by atoms with Crippen molar-refractivity contribution < 1.29 is 18.8 Å². The highest BCUT2D eigenvalue weighted by Crippen LogP contribution is 2.18. The summed E-state index contributed by atoms with van der Waals surface area (Å²) in [6, 6.07) is 26.3. The molecule has 176 valence electrons. The maximum absolute atomic E-state index is 12.7. The quantitative estimate of drug-likeness (QED) is 0.343. The predicted octanol–water partition coefficient (Wildman–Crippen LogP) is 4.86. The van der Waals surface area contributed by atoms with E-state index in [-0.39, 0.29) is 30.0 Å². The fraction of sp³-hybridized carbons (Fsp3) is 0.0741. The lowest BCUT2D eigenvalue weighted by Crippen LogP contribution is -2.26. The van der Waals surface area contributed by atoms with Crippen LogP contribution in [0.3, 0.4) is 0 Å². The van der Waals surface area contributed by atoms with E-state index in [2.05, 4.69) is 16.0 Å². The molecule has 0 spiro atoms. The van der Waals surface area contributed by atoms with Crippen LogP contribution in [0, 0.1) is 0 Å². The largest absolute Gasteiger partial charge is 0.459 e. The maximum atomic E-state index is 12.7. The molecule has 0 radical (unpaired) electrons. The van der Waals surface area contributed by atoms with Gasteiger partial charge in [-0.25, -0.2) is 0 Å². The molecule has 0 fully saturated rings. The van der Waals surface area contributed by atoms with Crippen LogP contribution < -0.4 is 20.9 Å². The van der Waals surface area contributed by atoms with Crippen molar-refractivity contribution in [3.63, 3.8) is 0 Å². The number of furan rings is 1. The average Bonchev–Trinajstić information content (AvgIpc) is 3.43. The summed E-state index contributed by atoms with van der Waals surface area (Å²) < 4.78 is 5.08. The summed E-state index contributed by atoms with van der Waals surface area (Å²) in [4.78, 5) is 38.8. The Morgan fingerprint density at radius 3 is 2.23 bits per heavy atom. The van der Waals surface area contributed by atoms with Gasteiger partial charge in [-0.2, -0.15) is 0 Å². The van der Waals surface area contributed by atoms with E-state index in [1.807, 2.05) is 30.3 Å². The molecular formula is C27H24N4O4. The first-order valence-electron chi connectivity index (χ1n) is 10.9. The Morgan fingerprint density at radius 2 is 1.51 bits per heavy atom. The number of para-hydroxylation sites is 1. The Hall–Kier alpha value is -4.85. The van der Waals surface area contributed by atoms with Crippen molar-refractivity contribution in [2.45, 2.75) is 0 Å². The van der Waals surface area contributed by atoms with Crippen molar-refractivity contribution in [3.8, 4) is 0 Å². The van der Waals surface area contributed by atoms with Gasteiger partial charge in [0.2, 0.25) is 5.91 Å². The van der Waals surface area contributed by atoms with Crippen molar-refractivity contribution in [2.24, 2.45) is 0 Å². The van der Waals surface area contributed by atoms with Crippen LogP contribution in [-0.2, 0) is 4.79 Å². The third-order valence-corrected chi connectivity index (χ3v) is 5.18. The summed E-state index contributed by atoms with van der Waals surface area (Å²) in [7, 11) is 1.72. The van der Waals surface area contributed by atoms with Crippen LogP contribution >= 0.6 is 0 Å². The molecular weight excluding hydrogens is 444 g/mol. The molecule has 4 aromatic rings. The number of hydrogen-bond acceptors (Lipinski definition) is 5. The Morgan fingerprint density at radius 1 is 0.771 bits per heavy atom. The first-order chi connectivity index (χ1) is 17.0. The number of rotatable bonds is 8. The van der Waals surface area contributed by atoms with Crippen molar-refractivity contribution >= 4 is 40.5 Å². The van der Waals surface area contributed by atoms with Crippen LogP contribution in [-0.4, -0.2) is 31.3 Å². The van der Waals surface area contributed by atoms with E-state index in [9.17, 15) is 14.4 Å². The number of benzene rings is 3. The van der Waals surface area contributed by atoms with E-state index in [0.717, 1.165) is 5.69 Å². The number of anilines is 4. The van der Waals surface area contributed by atoms with Crippen molar-refractivity contribution in [2.75, 3.05) is 34.4 Å². The summed E-state index contributed by atoms with van der Waals surface area (Å²) in [5.41, 5.74) is 3.13. The molecule has 35 heavy (non-hydrogen) atoms. The average molecular weight is 469 g/mol. The molecule has 0 saturated heterocycles. The molecule has 1 heterocycles. The molecule has 8 heteroatoms.